The summed E-state index contributed by atoms with van der Waals surface area (Å²) in [6.45, 7) is 2.40. The Bertz CT molecular complexity index is 313. The van der Waals surface area contributed by atoms with E-state index >= 15 is 0 Å². The van der Waals surface area contributed by atoms with Gasteiger partial charge in [0.15, 0.2) is 11.5 Å². The van der Waals surface area contributed by atoms with E-state index in [1.807, 2.05) is 0 Å². The largest absolute Gasteiger partial charge is 0.306 e. The number of carbonyl (C=O) groups is 1. The van der Waals surface area contributed by atoms with Crippen LogP contribution >= 0.6 is 0 Å². The van der Waals surface area contributed by atoms with Crippen molar-refractivity contribution in [2.45, 2.75) is 19.5 Å². The van der Waals surface area contributed by atoms with Crippen molar-refractivity contribution < 1.29 is 9.18 Å². The second kappa shape index (κ2) is 3.16. The lowest BCUT2D eigenvalue weighted by molar-refractivity contribution is -0.125. The average Bonchev–Trinajstić information content (AvgIpc) is 2.33. The number of nitrogens with one attached hydrogen (secondary N) is 1. The molecular weight excluding hydrogens is 173 g/mol. The summed E-state index contributed by atoms with van der Waals surface area (Å²) in [5.74, 6) is -0.329. The van der Waals surface area contributed by atoms with Gasteiger partial charge in [-0.1, -0.05) is 0 Å². The van der Waals surface area contributed by atoms with Gasteiger partial charge in [0.05, 0.1) is 0 Å². The Morgan fingerprint density at radius 3 is 2.69 bits per heavy atom. The third-order valence-electron chi connectivity index (χ3n) is 1.50. The van der Waals surface area contributed by atoms with Crippen molar-refractivity contribution in [1.82, 2.24) is 9.78 Å². The minimum atomic E-state index is -1.88. The summed E-state index contributed by atoms with van der Waals surface area (Å²) in [5.41, 5.74) is -1.88. The van der Waals surface area contributed by atoms with Gasteiger partial charge in [-0.05, 0) is 13.8 Å². The summed E-state index contributed by atoms with van der Waals surface area (Å²) in [7, 11) is 1.72. The maximum atomic E-state index is 13.0. The van der Waals surface area contributed by atoms with Gasteiger partial charge in [0.2, 0.25) is 0 Å². The fourth-order valence-electron chi connectivity index (χ4n) is 0.747. The normalized spacial score (nSPS) is 11.4. The highest BCUT2D eigenvalue weighted by Crippen LogP contribution is 2.11. The second-order valence-corrected chi connectivity index (χ2v) is 3.30. The predicted octanol–water partition coefficient (Wildman–Crippen LogP) is 1.11. The smallest absolute Gasteiger partial charge is 0.262 e. The van der Waals surface area contributed by atoms with Crippen LogP contribution in [-0.4, -0.2) is 21.4 Å². The number of carbonyl (C=O) groups excluding carboxylic acids is 1. The molecule has 0 saturated carbocycles. The SMILES string of the molecule is Cn1ccc(NC(=O)C(C)(C)F)n1. The number of hydrogen-bond donors (Lipinski definition) is 1. The lowest BCUT2D eigenvalue weighted by Crippen LogP contribution is -2.32. The van der Waals surface area contributed by atoms with Crippen molar-refractivity contribution in [3.05, 3.63) is 12.3 Å². The molecule has 0 bridgehead atoms. The Morgan fingerprint density at radius 2 is 2.31 bits per heavy atom. The van der Waals surface area contributed by atoms with Crippen LogP contribution in [-0.2, 0) is 11.8 Å². The summed E-state index contributed by atoms with van der Waals surface area (Å²) in [6.07, 6.45) is 1.67. The van der Waals surface area contributed by atoms with E-state index in [9.17, 15) is 9.18 Å². The third kappa shape index (κ3) is 2.54. The zero-order chi connectivity index (χ0) is 10.1. The number of amides is 1. The van der Waals surface area contributed by atoms with Crippen LogP contribution in [0.25, 0.3) is 0 Å². The van der Waals surface area contributed by atoms with Crippen molar-refractivity contribution in [1.29, 1.82) is 0 Å². The number of hydrogen-bond acceptors (Lipinski definition) is 2. The molecule has 0 aliphatic rings. The molecule has 1 aromatic rings. The number of rotatable bonds is 2. The van der Waals surface area contributed by atoms with Crippen molar-refractivity contribution in [3.8, 4) is 0 Å². The number of alkyl halides is 1. The molecule has 0 aliphatic heterocycles. The van der Waals surface area contributed by atoms with Crippen LogP contribution in [0.2, 0.25) is 0 Å². The van der Waals surface area contributed by atoms with Crippen molar-refractivity contribution in [2.24, 2.45) is 7.05 Å². The Hall–Kier alpha value is -1.39. The molecule has 0 saturated heterocycles. The summed E-state index contributed by atoms with van der Waals surface area (Å²) >= 11 is 0. The van der Waals surface area contributed by atoms with E-state index in [4.69, 9.17) is 0 Å². The van der Waals surface area contributed by atoms with E-state index < -0.39 is 11.6 Å². The zero-order valence-electron chi connectivity index (χ0n) is 7.84. The van der Waals surface area contributed by atoms with Gasteiger partial charge in [0, 0.05) is 19.3 Å². The molecule has 72 valence electrons. The topological polar surface area (TPSA) is 46.9 Å². The first kappa shape index (κ1) is 9.70. The van der Waals surface area contributed by atoms with E-state index in [0.29, 0.717) is 5.82 Å². The summed E-state index contributed by atoms with van der Waals surface area (Å²) in [6, 6.07) is 1.60. The molecule has 1 rings (SSSR count). The van der Waals surface area contributed by atoms with Gasteiger partial charge in [-0.2, -0.15) is 5.10 Å². The number of anilines is 1. The molecule has 0 atom stereocenters. The molecule has 5 heteroatoms. The van der Waals surface area contributed by atoms with E-state index in [1.165, 1.54) is 18.5 Å². The number of halogens is 1. The Morgan fingerprint density at radius 1 is 1.69 bits per heavy atom. The first-order chi connectivity index (χ1) is 5.89. The minimum absolute atomic E-state index is 0.359. The highest BCUT2D eigenvalue weighted by Gasteiger charge is 2.26. The Labute approximate surface area is 75.7 Å². The van der Waals surface area contributed by atoms with Gasteiger partial charge in [-0.3, -0.25) is 9.48 Å². The van der Waals surface area contributed by atoms with Crippen LogP contribution in [0.5, 0.6) is 0 Å². The molecular formula is C8H12FN3O. The number of aromatic nitrogens is 2. The first-order valence-electron chi connectivity index (χ1n) is 3.89. The fraction of sp³-hybridized carbons (Fsp3) is 0.500. The second-order valence-electron chi connectivity index (χ2n) is 3.30. The van der Waals surface area contributed by atoms with Gasteiger partial charge >= 0.3 is 0 Å². The van der Waals surface area contributed by atoms with E-state index in [-0.39, 0.29) is 0 Å². The zero-order valence-corrected chi connectivity index (χ0v) is 7.84. The molecule has 0 aromatic carbocycles. The summed E-state index contributed by atoms with van der Waals surface area (Å²) < 4.78 is 14.6. The molecule has 0 fully saturated rings. The van der Waals surface area contributed by atoms with E-state index in [2.05, 4.69) is 10.4 Å². The maximum Gasteiger partial charge on any atom is 0.262 e. The van der Waals surface area contributed by atoms with E-state index in [1.54, 1.807) is 19.3 Å². The Balaban J connectivity index is 2.65. The predicted molar refractivity (Wildman–Crippen MR) is 47.0 cm³/mol. The first-order valence-corrected chi connectivity index (χ1v) is 3.89. The number of aryl methyl sites for hydroxylation is 1. The third-order valence-corrected chi connectivity index (χ3v) is 1.50. The molecule has 4 nitrogen and oxygen atoms in total. The molecule has 1 aromatic heterocycles. The van der Waals surface area contributed by atoms with Crippen molar-refractivity contribution >= 4 is 11.7 Å². The van der Waals surface area contributed by atoms with Gasteiger partial charge in [0.1, 0.15) is 0 Å². The fourth-order valence-corrected chi connectivity index (χ4v) is 0.747. The van der Waals surface area contributed by atoms with Gasteiger partial charge in [0.25, 0.3) is 5.91 Å². The van der Waals surface area contributed by atoms with Gasteiger partial charge in [-0.15, -0.1) is 0 Å². The Kier molecular flexibility index (Phi) is 2.36. The number of nitrogens with zero attached hydrogens (tertiary/aromatic N) is 2. The van der Waals surface area contributed by atoms with Crippen molar-refractivity contribution in [2.75, 3.05) is 5.32 Å². The highest BCUT2D eigenvalue weighted by atomic mass is 19.1. The molecule has 1 heterocycles. The van der Waals surface area contributed by atoms with Crippen LogP contribution in [0.3, 0.4) is 0 Å². The van der Waals surface area contributed by atoms with Gasteiger partial charge in [-0.25, -0.2) is 4.39 Å². The quantitative estimate of drug-likeness (QED) is 0.750. The monoisotopic (exact) mass is 185 g/mol. The van der Waals surface area contributed by atoms with Crippen molar-refractivity contribution in [3.63, 3.8) is 0 Å². The molecule has 13 heavy (non-hydrogen) atoms. The molecule has 0 aliphatic carbocycles. The molecule has 0 unspecified atom stereocenters. The van der Waals surface area contributed by atoms with Crippen LogP contribution in [0.4, 0.5) is 10.2 Å². The minimum Gasteiger partial charge on any atom is -0.306 e. The van der Waals surface area contributed by atoms with E-state index in [0.717, 1.165) is 0 Å². The van der Waals surface area contributed by atoms with Crippen LogP contribution in [0, 0.1) is 0 Å². The molecule has 1 amide bonds. The van der Waals surface area contributed by atoms with Crippen LogP contribution in [0.1, 0.15) is 13.8 Å². The molecule has 0 spiro atoms. The maximum absolute atomic E-state index is 13.0. The van der Waals surface area contributed by atoms with Gasteiger partial charge < -0.3 is 5.32 Å². The highest BCUT2D eigenvalue weighted by molar-refractivity contribution is 5.95. The average molecular weight is 185 g/mol. The van der Waals surface area contributed by atoms with Crippen LogP contribution < -0.4 is 5.32 Å². The lowest BCUT2D eigenvalue weighted by Gasteiger charge is -2.11. The standard InChI is InChI=1S/C8H12FN3O/c1-8(2,9)7(13)10-6-4-5-12(3)11-6/h4-5H,1-3H3,(H,10,11,13). The molecule has 0 radical (unpaired) electrons. The lowest BCUT2D eigenvalue weighted by atomic mass is 10.1. The summed E-state index contributed by atoms with van der Waals surface area (Å²) in [4.78, 5) is 11.1. The van der Waals surface area contributed by atoms with Crippen LogP contribution in [0.15, 0.2) is 12.3 Å². The summed E-state index contributed by atoms with van der Waals surface area (Å²) in [5, 5.41) is 6.24. The molecule has 1 N–H and O–H groups in total.